The van der Waals surface area contributed by atoms with Crippen LogP contribution < -0.4 is 5.32 Å². The van der Waals surface area contributed by atoms with E-state index in [9.17, 15) is 4.79 Å². The van der Waals surface area contributed by atoms with Crippen molar-refractivity contribution in [2.75, 3.05) is 26.2 Å². The summed E-state index contributed by atoms with van der Waals surface area (Å²) in [6, 6.07) is 16.7. The normalized spacial score (nSPS) is 17.8. The lowest BCUT2D eigenvalue weighted by atomic mass is 10.0. The van der Waals surface area contributed by atoms with E-state index in [0.717, 1.165) is 25.2 Å². The minimum atomic E-state index is 0.0520. The lowest BCUT2D eigenvalue weighted by Gasteiger charge is -2.33. The van der Waals surface area contributed by atoms with Crippen LogP contribution in [0.4, 0.5) is 0 Å². The van der Waals surface area contributed by atoms with E-state index >= 15 is 0 Å². The van der Waals surface area contributed by atoms with E-state index in [1.165, 1.54) is 16.7 Å². The summed E-state index contributed by atoms with van der Waals surface area (Å²) in [7, 11) is 0. The number of hydrogen-bond donors (Lipinski definition) is 1. The highest BCUT2D eigenvalue weighted by molar-refractivity contribution is 5.78. The van der Waals surface area contributed by atoms with E-state index in [4.69, 9.17) is 4.74 Å². The van der Waals surface area contributed by atoms with Gasteiger partial charge >= 0.3 is 0 Å². The van der Waals surface area contributed by atoms with Gasteiger partial charge in [-0.3, -0.25) is 9.69 Å². The summed E-state index contributed by atoms with van der Waals surface area (Å²) >= 11 is 0. The number of aryl methyl sites for hydroxylation is 2. The summed E-state index contributed by atoms with van der Waals surface area (Å²) in [6.07, 6.45) is 0.470. The van der Waals surface area contributed by atoms with Gasteiger partial charge in [0.1, 0.15) is 0 Å². The summed E-state index contributed by atoms with van der Waals surface area (Å²) in [6.45, 7) is 8.15. The molecule has 4 nitrogen and oxygen atoms in total. The van der Waals surface area contributed by atoms with Crippen LogP contribution in [-0.2, 0) is 22.5 Å². The molecule has 0 bridgehead atoms. The third-order valence-corrected chi connectivity index (χ3v) is 4.93. The molecule has 0 saturated carbocycles. The minimum absolute atomic E-state index is 0.0520. The highest BCUT2D eigenvalue weighted by Crippen LogP contribution is 2.12. The van der Waals surface area contributed by atoms with Crippen LogP contribution >= 0.6 is 0 Å². The quantitative estimate of drug-likeness (QED) is 0.869. The number of nitrogens with zero attached hydrogens (tertiary/aromatic N) is 1. The van der Waals surface area contributed by atoms with Gasteiger partial charge in [0.25, 0.3) is 0 Å². The van der Waals surface area contributed by atoms with Crippen LogP contribution in [-0.4, -0.2) is 43.2 Å². The van der Waals surface area contributed by atoms with Crippen LogP contribution in [0.25, 0.3) is 0 Å². The van der Waals surface area contributed by atoms with E-state index in [2.05, 4.69) is 60.5 Å². The first-order valence-electron chi connectivity index (χ1n) is 9.31. The van der Waals surface area contributed by atoms with Crippen molar-refractivity contribution < 1.29 is 9.53 Å². The molecule has 2 aromatic carbocycles. The third kappa shape index (κ3) is 5.41. The summed E-state index contributed by atoms with van der Waals surface area (Å²) < 4.78 is 5.82. The molecule has 2 aromatic rings. The van der Waals surface area contributed by atoms with Gasteiger partial charge in [0.15, 0.2) is 0 Å². The van der Waals surface area contributed by atoms with E-state index in [1.807, 2.05) is 12.1 Å². The second-order valence-corrected chi connectivity index (χ2v) is 7.11. The number of amides is 1. The molecule has 1 aliphatic heterocycles. The van der Waals surface area contributed by atoms with Crippen molar-refractivity contribution in [3.8, 4) is 0 Å². The first kappa shape index (κ1) is 18.6. The number of morpholine rings is 1. The standard InChI is InChI=1S/C22H28N2O2/c1-17-8-9-20(12-18(17)2)13-22(25)23-14-21-16-24(10-11-26-21)15-19-6-4-3-5-7-19/h3-9,12,21H,10-11,13-16H2,1-2H3,(H,23,25). The first-order valence-corrected chi connectivity index (χ1v) is 9.31. The maximum atomic E-state index is 12.2. The van der Waals surface area contributed by atoms with Gasteiger partial charge in [-0.1, -0.05) is 48.5 Å². The van der Waals surface area contributed by atoms with Crippen molar-refractivity contribution in [2.24, 2.45) is 0 Å². The Hall–Kier alpha value is -2.17. The van der Waals surface area contributed by atoms with Gasteiger partial charge < -0.3 is 10.1 Å². The van der Waals surface area contributed by atoms with Crippen molar-refractivity contribution in [1.29, 1.82) is 0 Å². The predicted molar refractivity (Wildman–Crippen MR) is 104 cm³/mol. The molecule has 0 spiro atoms. The zero-order chi connectivity index (χ0) is 18.4. The van der Waals surface area contributed by atoms with Crippen molar-refractivity contribution >= 4 is 5.91 Å². The molecule has 1 fully saturated rings. The fourth-order valence-electron chi connectivity index (χ4n) is 3.28. The van der Waals surface area contributed by atoms with Crippen LogP contribution in [0.15, 0.2) is 48.5 Å². The highest BCUT2D eigenvalue weighted by Gasteiger charge is 2.21. The van der Waals surface area contributed by atoms with E-state index in [1.54, 1.807) is 0 Å². The fourth-order valence-corrected chi connectivity index (χ4v) is 3.28. The number of nitrogens with one attached hydrogen (secondary N) is 1. The van der Waals surface area contributed by atoms with Gasteiger partial charge in [0, 0.05) is 26.2 Å². The molecule has 1 aliphatic rings. The molecule has 0 aliphatic carbocycles. The number of rotatable bonds is 6. The van der Waals surface area contributed by atoms with Crippen LogP contribution in [0.3, 0.4) is 0 Å². The molecule has 0 aromatic heterocycles. The molecule has 1 N–H and O–H groups in total. The molecular weight excluding hydrogens is 324 g/mol. The van der Waals surface area contributed by atoms with Crippen LogP contribution in [0, 0.1) is 13.8 Å². The van der Waals surface area contributed by atoms with Gasteiger partial charge in [-0.2, -0.15) is 0 Å². The molecule has 4 heteroatoms. The average Bonchev–Trinajstić information content (AvgIpc) is 2.64. The number of hydrogen-bond acceptors (Lipinski definition) is 3. The van der Waals surface area contributed by atoms with Gasteiger partial charge in [-0.05, 0) is 36.1 Å². The predicted octanol–water partition coefficient (Wildman–Crippen LogP) is 2.86. The summed E-state index contributed by atoms with van der Waals surface area (Å²) in [5.74, 6) is 0.0528. The smallest absolute Gasteiger partial charge is 0.224 e. The first-order chi connectivity index (χ1) is 12.6. The second-order valence-electron chi connectivity index (χ2n) is 7.11. The summed E-state index contributed by atoms with van der Waals surface area (Å²) in [5, 5.41) is 3.03. The Bertz CT molecular complexity index is 730. The van der Waals surface area contributed by atoms with Gasteiger partial charge in [0.2, 0.25) is 5.91 Å². The minimum Gasteiger partial charge on any atom is -0.374 e. The lowest BCUT2D eigenvalue weighted by Crippen LogP contribution is -2.47. The SMILES string of the molecule is Cc1ccc(CC(=O)NCC2CN(Cc3ccccc3)CCO2)cc1C. The zero-order valence-corrected chi connectivity index (χ0v) is 15.7. The van der Waals surface area contributed by atoms with Gasteiger partial charge in [-0.15, -0.1) is 0 Å². The summed E-state index contributed by atoms with van der Waals surface area (Å²) in [5.41, 5.74) is 4.85. The van der Waals surface area contributed by atoms with Crippen LogP contribution in [0.2, 0.25) is 0 Å². The third-order valence-electron chi connectivity index (χ3n) is 4.93. The molecule has 3 rings (SSSR count). The molecule has 26 heavy (non-hydrogen) atoms. The maximum Gasteiger partial charge on any atom is 0.224 e. The Kier molecular flexibility index (Phi) is 6.42. The van der Waals surface area contributed by atoms with Crippen molar-refractivity contribution in [3.05, 3.63) is 70.8 Å². The van der Waals surface area contributed by atoms with Crippen molar-refractivity contribution in [2.45, 2.75) is 32.9 Å². The second kappa shape index (κ2) is 8.97. The highest BCUT2D eigenvalue weighted by atomic mass is 16.5. The largest absolute Gasteiger partial charge is 0.374 e. The Morgan fingerprint density at radius 3 is 2.69 bits per heavy atom. The number of carbonyl (C=O) groups excluding carboxylic acids is 1. The molecule has 138 valence electrons. The van der Waals surface area contributed by atoms with Gasteiger partial charge in [0.05, 0.1) is 19.1 Å². The van der Waals surface area contributed by atoms with E-state index in [-0.39, 0.29) is 12.0 Å². The molecule has 1 saturated heterocycles. The molecule has 1 atom stereocenters. The number of ether oxygens (including phenoxy) is 1. The maximum absolute atomic E-state index is 12.2. The molecule has 1 unspecified atom stereocenters. The zero-order valence-electron chi connectivity index (χ0n) is 15.7. The molecular formula is C22H28N2O2. The number of carbonyl (C=O) groups is 1. The summed E-state index contributed by atoms with van der Waals surface area (Å²) in [4.78, 5) is 14.6. The average molecular weight is 352 g/mol. The topological polar surface area (TPSA) is 41.6 Å². The van der Waals surface area contributed by atoms with Crippen LogP contribution in [0.5, 0.6) is 0 Å². The monoisotopic (exact) mass is 352 g/mol. The van der Waals surface area contributed by atoms with Crippen molar-refractivity contribution in [1.82, 2.24) is 10.2 Å². The molecule has 1 heterocycles. The molecule has 1 amide bonds. The lowest BCUT2D eigenvalue weighted by molar-refractivity contribution is -0.121. The Morgan fingerprint density at radius 2 is 1.92 bits per heavy atom. The fraction of sp³-hybridized carbons (Fsp3) is 0.409. The van der Waals surface area contributed by atoms with Crippen LogP contribution in [0.1, 0.15) is 22.3 Å². The Balaban J connectivity index is 1.44. The van der Waals surface area contributed by atoms with E-state index in [0.29, 0.717) is 19.6 Å². The Morgan fingerprint density at radius 1 is 1.12 bits per heavy atom. The number of benzene rings is 2. The van der Waals surface area contributed by atoms with E-state index < -0.39 is 0 Å². The Labute approximate surface area is 156 Å². The van der Waals surface area contributed by atoms with Gasteiger partial charge in [-0.25, -0.2) is 0 Å². The van der Waals surface area contributed by atoms with Crippen molar-refractivity contribution in [3.63, 3.8) is 0 Å². The molecule has 0 radical (unpaired) electrons.